The summed E-state index contributed by atoms with van der Waals surface area (Å²) in [4.78, 5) is 21.4. The van der Waals surface area contributed by atoms with Gasteiger partial charge in [-0.2, -0.15) is 0 Å². The summed E-state index contributed by atoms with van der Waals surface area (Å²) in [6, 6.07) is 0. The van der Waals surface area contributed by atoms with Crippen molar-refractivity contribution in [2.45, 2.75) is 33.3 Å². The Hall–Kier alpha value is -1.12. The van der Waals surface area contributed by atoms with Crippen LogP contribution in [0.15, 0.2) is 12.2 Å². The lowest BCUT2D eigenvalue weighted by Gasteiger charge is -2.08. The van der Waals surface area contributed by atoms with Crippen LogP contribution in [0, 0.1) is 0 Å². The van der Waals surface area contributed by atoms with Crippen molar-refractivity contribution in [1.29, 1.82) is 0 Å². The van der Waals surface area contributed by atoms with Gasteiger partial charge in [0.05, 0.1) is 0 Å². The summed E-state index contributed by atoms with van der Waals surface area (Å²) < 4.78 is 4.86. The van der Waals surface area contributed by atoms with Crippen LogP contribution in [0.25, 0.3) is 0 Å². The zero-order valence-corrected chi connectivity index (χ0v) is 7.66. The van der Waals surface area contributed by atoms with Gasteiger partial charge in [0.15, 0.2) is 0 Å². The normalized spacial score (nSPS) is 12.9. The van der Waals surface area contributed by atoms with Crippen molar-refractivity contribution in [3.8, 4) is 0 Å². The molecule has 1 atom stereocenters. The first-order chi connectivity index (χ1) is 5.56. The minimum absolute atomic E-state index is 0.0239. The first-order valence-electron chi connectivity index (χ1n) is 3.89. The molecule has 1 unspecified atom stereocenters. The predicted molar refractivity (Wildman–Crippen MR) is 45.7 cm³/mol. The van der Waals surface area contributed by atoms with E-state index in [1.165, 1.54) is 13.0 Å². The van der Waals surface area contributed by atoms with Crippen LogP contribution in [0.4, 0.5) is 0 Å². The quantitative estimate of drug-likeness (QED) is 0.474. The first kappa shape index (κ1) is 10.9. The van der Waals surface area contributed by atoms with Gasteiger partial charge in [-0.05, 0) is 20.8 Å². The summed E-state index contributed by atoms with van der Waals surface area (Å²) in [6.45, 7) is 4.90. The van der Waals surface area contributed by atoms with Crippen LogP contribution in [0.2, 0.25) is 0 Å². The van der Waals surface area contributed by atoms with Gasteiger partial charge in [-0.3, -0.25) is 4.79 Å². The molecule has 0 aliphatic rings. The molecule has 0 spiro atoms. The molecular weight excluding hydrogens is 156 g/mol. The number of ether oxygens (including phenoxy) is 1. The highest BCUT2D eigenvalue weighted by Crippen LogP contribution is 1.98. The van der Waals surface area contributed by atoms with E-state index < -0.39 is 5.97 Å². The first-order valence-corrected chi connectivity index (χ1v) is 3.89. The second-order valence-electron chi connectivity index (χ2n) is 2.65. The summed E-state index contributed by atoms with van der Waals surface area (Å²) in [7, 11) is 0. The molecule has 0 rings (SSSR count). The summed E-state index contributed by atoms with van der Waals surface area (Å²) >= 11 is 0. The maximum absolute atomic E-state index is 10.8. The number of allylic oxidation sites excluding steroid dienone is 1. The van der Waals surface area contributed by atoms with Crippen molar-refractivity contribution in [2.75, 3.05) is 0 Å². The molecule has 0 amide bonds. The Morgan fingerprint density at radius 2 is 2.08 bits per heavy atom. The van der Waals surface area contributed by atoms with E-state index >= 15 is 0 Å². The van der Waals surface area contributed by atoms with E-state index in [2.05, 4.69) is 0 Å². The number of carbonyl (C=O) groups is 2. The van der Waals surface area contributed by atoms with E-state index in [-0.39, 0.29) is 18.3 Å². The monoisotopic (exact) mass is 170 g/mol. The SMILES string of the molecule is C/C=C\C(=O)OC(C)CC(C)=O. The Kier molecular flexibility index (Phi) is 5.00. The molecule has 0 aliphatic carbocycles. The smallest absolute Gasteiger partial charge is 0.330 e. The van der Waals surface area contributed by atoms with Crippen molar-refractivity contribution < 1.29 is 14.3 Å². The van der Waals surface area contributed by atoms with Crippen molar-refractivity contribution in [2.24, 2.45) is 0 Å². The lowest BCUT2D eigenvalue weighted by molar-refractivity contribution is -0.143. The topological polar surface area (TPSA) is 43.4 Å². The average Bonchev–Trinajstić information content (AvgIpc) is 1.84. The molecule has 68 valence electrons. The molecule has 0 aromatic heterocycles. The van der Waals surface area contributed by atoms with Gasteiger partial charge in [-0.15, -0.1) is 0 Å². The van der Waals surface area contributed by atoms with E-state index in [1.807, 2.05) is 0 Å². The third-order valence-corrected chi connectivity index (χ3v) is 1.20. The highest BCUT2D eigenvalue weighted by molar-refractivity contribution is 5.82. The lowest BCUT2D eigenvalue weighted by Crippen LogP contribution is -2.15. The molecule has 0 aromatic carbocycles. The van der Waals surface area contributed by atoms with Crippen LogP contribution in [0.1, 0.15) is 27.2 Å². The summed E-state index contributed by atoms with van der Waals surface area (Å²) in [5.41, 5.74) is 0. The molecule has 0 aromatic rings. The number of rotatable bonds is 4. The Morgan fingerprint density at radius 1 is 1.50 bits per heavy atom. The van der Waals surface area contributed by atoms with Gasteiger partial charge in [0.2, 0.25) is 0 Å². The largest absolute Gasteiger partial charge is 0.459 e. The summed E-state index contributed by atoms with van der Waals surface area (Å²) in [5, 5.41) is 0. The number of hydrogen-bond donors (Lipinski definition) is 0. The van der Waals surface area contributed by atoms with Gasteiger partial charge >= 0.3 is 5.97 Å². The summed E-state index contributed by atoms with van der Waals surface area (Å²) in [5.74, 6) is -0.373. The van der Waals surface area contributed by atoms with Crippen molar-refractivity contribution in [3.63, 3.8) is 0 Å². The van der Waals surface area contributed by atoms with Crippen molar-refractivity contribution in [3.05, 3.63) is 12.2 Å². The van der Waals surface area contributed by atoms with Gasteiger partial charge in [-0.25, -0.2) is 4.79 Å². The lowest BCUT2D eigenvalue weighted by atomic mass is 10.2. The van der Waals surface area contributed by atoms with E-state index in [1.54, 1.807) is 19.9 Å². The minimum atomic E-state index is -0.397. The zero-order valence-electron chi connectivity index (χ0n) is 7.66. The molecule has 0 heterocycles. The molecule has 0 fully saturated rings. The van der Waals surface area contributed by atoms with E-state index in [4.69, 9.17) is 4.74 Å². The molecule has 0 N–H and O–H groups in total. The highest BCUT2D eigenvalue weighted by Gasteiger charge is 2.08. The van der Waals surface area contributed by atoms with E-state index in [0.717, 1.165) is 0 Å². The Balaban J connectivity index is 3.76. The predicted octanol–water partition coefficient (Wildman–Crippen LogP) is 1.47. The second-order valence-corrected chi connectivity index (χ2v) is 2.65. The number of hydrogen-bond acceptors (Lipinski definition) is 3. The molecule has 12 heavy (non-hydrogen) atoms. The molecule has 0 aliphatic heterocycles. The van der Waals surface area contributed by atoms with Crippen LogP contribution in [0.5, 0.6) is 0 Å². The fraction of sp³-hybridized carbons (Fsp3) is 0.556. The number of carbonyl (C=O) groups excluding carboxylic acids is 2. The molecule has 0 bridgehead atoms. The fourth-order valence-corrected chi connectivity index (χ4v) is 0.820. The number of Topliss-reactive ketones (excluding diaryl/α,β-unsaturated/α-hetero) is 1. The van der Waals surface area contributed by atoms with Crippen LogP contribution in [-0.2, 0) is 14.3 Å². The minimum Gasteiger partial charge on any atom is -0.459 e. The van der Waals surface area contributed by atoms with Crippen LogP contribution < -0.4 is 0 Å². The van der Waals surface area contributed by atoms with Gasteiger partial charge in [0, 0.05) is 12.5 Å². The van der Waals surface area contributed by atoms with Gasteiger partial charge in [0.25, 0.3) is 0 Å². The fourth-order valence-electron chi connectivity index (χ4n) is 0.820. The Morgan fingerprint density at radius 3 is 2.50 bits per heavy atom. The average molecular weight is 170 g/mol. The van der Waals surface area contributed by atoms with Crippen LogP contribution >= 0.6 is 0 Å². The zero-order chi connectivity index (χ0) is 9.56. The summed E-state index contributed by atoms with van der Waals surface area (Å²) in [6.07, 6.45) is 2.88. The van der Waals surface area contributed by atoms with Crippen LogP contribution in [-0.4, -0.2) is 17.9 Å². The standard InChI is InChI=1S/C9H14O3/c1-4-5-9(11)12-8(3)6-7(2)10/h4-5,8H,6H2,1-3H3/b5-4-. The van der Waals surface area contributed by atoms with Gasteiger partial charge in [0.1, 0.15) is 11.9 Å². The molecule has 0 radical (unpaired) electrons. The van der Waals surface area contributed by atoms with Crippen molar-refractivity contribution in [1.82, 2.24) is 0 Å². The van der Waals surface area contributed by atoms with E-state index in [9.17, 15) is 9.59 Å². The maximum atomic E-state index is 10.8. The third-order valence-electron chi connectivity index (χ3n) is 1.20. The van der Waals surface area contributed by atoms with Crippen LogP contribution in [0.3, 0.4) is 0 Å². The molecule has 0 saturated carbocycles. The van der Waals surface area contributed by atoms with Gasteiger partial charge < -0.3 is 4.74 Å². The highest BCUT2D eigenvalue weighted by atomic mass is 16.5. The molecule has 3 nitrogen and oxygen atoms in total. The third kappa shape index (κ3) is 5.65. The van der Waals surface area contributed by atoms with Crippen molar-refractivity contribution >= 4 is 11.8 Å². The Labute approximate surface area is 72.4 Å². The van der Waals surface area contributed by atoms with E-state index in [0.29, 0.717) is 0 Å². The Bertz CT molecular complexity index is 194. The molecular formula is C9H14O3. The molecule has 0 saturated heterocycles. The number of ketones is 1. The second kappa shape index (κ2) is 5.52. The molecule has 3 heteroatoms. The van der Waals surface area contributed by atoms with Gasteiger partial charge in [-0.1, -0.05) is 6.08 Å². The number of esters is 1. The maximum Gasteiger partial charge on any atom is 0.330 e.